The Bertz CT molecular complexity index is 843. The molecule has 154 valence electrons. The van der Waals surface area contributed by atoms with Gasteiger partial charge in [-0.3, -0.25) is 14.5 Å². The van der Waals surface area contributed by atoms with Crippen LogP contribution < -0.4 is 15.0 Å². The number of carbonyl (C=O) groups excluding carboxylic acids is 2. The van der Waals surface area contributed by atoms with Crippen LogP contribution in [-0.4, -0.2) is 75.5 Å². The SMILES string of the molecule is COc1ccccc1N1CCN(CC(=O)Nc2ccc(C(=O)N(C)C)cc2)CC1. The first-order valence-corrected chi connectivity index (χ1v) is 9.70. The maximum absolute atomic E-state index is 12.4. The lowest BCUT2D eigenvalue weighted by molar-refractivity contribution is -0.117. The second-order valence-corrected chi connectivity index (χ2v) is 7.26. The molecule has 0 aromatic heterocycles. The maximum Gasteiger partial charge on any atom is 0.253 e. The molecule has 0 saturated carbocycles. The highest BCUT2D eigenvalue weighted by Gasteiger charge is 2.21. The van der Waals surface area contributed by atoms with Crippen molar-refractivity contribution in [3.63, 3.8) is 0 Å². The van der Waals surface area contributed by atoms with E-state index in [1.54, 1.807) is 45.5 Å². The number of benzene rings is 2. The summed E-state index contributed by atoms with van der Waals surface area (Å²) in [5.41, 5.74) is 2.38. The molecular formula is C22H28N4O3. The van der Waals surface area contributed by atoms with E-state index in [0.717, 1.165) is 37.6 Å². The summed E-state index contributed by atoms with van der Waals surface area (Å²) in [4.78, 5) is 30.3. The smallest absolute Gasteiger partial charge is 0.253 e. The van der Waals surface area contributed by atoms with Crippen molar-refractivity contribution in [2.45, 2.75) is 0 Å². The fourth-order valence-electron chi connectivity index (χ4n) is 3.40. The molecule has 1 aliphatic rings. The van der Waals surface area contributed by atoms with Gasteiger partial charge in [-0.15, -0.1) is 0 Å². The Balaban J connectivity index is 1.49. The predicted octanol–water partition coefficient (Wildman–Crippen LogP) is 2.16. The van der Waals surface area contributed by atoms with Gasteiger partial charge < -0.3 is 19.9 Å². The van der Waals surface area contributed by atoms with E-state index in [1.807, 2.05) is 18.2 Å². The monoisotopic (exact) mass is 396 g/mol. The molecule has 2 aromatic rings. The number of anilines is 2. The average molecular weight is 396 g/mol. The van der Waals surface area contributed by atoms with Gasteiger partial charge in [-0.2, -0.15) is 0 Å². The van der Waals surface area contributed by atoms with Gasteiger partial charge in [0.1, 0.15) is 5.75 Å². The van der Waals surface area contributed by atoms with Crippen LogP contribution in [0.15, 0.2) is 48.5 Å². The zero-order valence-electron chi connectivity index (χ0n) is 17.2. The largest absolute Gasteiger partial charge is 0.495 e. The van der Waals surface area contributed by atoms with Gasteiger partial charge in [0, 0.05) is 51.5 Å². The third-order valence-corrected chi connectivity index (χ3v) is 4.99. The van der Waals surface area contributed by atoms with Crippen molar-refractivity contribution in [2.24, 2.45) is 0 Å². The summed E-state index contributed by atoms with van der Waals surface area (Å²) < 4.78 is 5.45. The van der Waals surface area contributed by atoms with Crippen LogP contribution in [0.5, 0.6) is 5.75 Å². The summed E-state index contributed by atoms with van der Waals surface area (Å²) in [6.45, 7) is 3.64. The number of carbonyl (C=O) groups is 2. The molecule has 0 aliphatic carbocycles. The minimum absolute atomic E-state index is 0.0533. The lowest BCUT2D eigenvalue weighted by atomic mass is 10.2. The van der Waals surface area contributed by atoms with Crippen molar-refractivity contribution in [3.8, 4) is 5.75 Å². The maximum atomic E-state index is 12.4. The summed E-state index contributed by atoms with van der Waals surface area (Å²) in [5.74, 6) is 0.758. The fourth-order valence-corrected chi connectivity index (χ4v) is 3.40. The van der Waals surface area contributed by atoms with Gasteiger partial charge in [-0.25, -0.2) is 0 Å². The molecule has 7 nitrogen and oxygen atoms in total. The lowest BCUT2D eigenvalue weighted by Crippen LogP contribution is -2.48. The van der Waals surface area contributed by atoms with Gasteiger partial charge in [0.25, 0.3) is 5.91 Å². The number of nitrogens with one attached hydrogen (secondary N) is 1. The zero-order chi connectivity index (χ0) is 20.8. The van der Waals surface area contributed by atoms with Crippen molar-refractivity contribution in [1.29, 1.82) is 0 Å². The average Bonchev–Trinajstić information content (AvgIpc) is 2.74. The first-order chi connectivity index (χ1) is 14.0. The van der Waals surface area contributed by atoms with E-state index in [2.05, 4.69) is 21.2 Å². The number of ether oxygens (including phenoxy) is 1. The quantitative estimate of drug-likeness (QED) is 0.811. The number of hydrogen-bond donors (Lipinski definition) is 1. The van der Waals surface area contributed by atoms with Crippen molar-refractivity contribution in [2.75, 3.05) is 64.1 Å². The Labute approximate surface area is 171 Å². The summed E-state index contributed by atoms with van der Waals surface area (Å²) in [5, 5.41) is 2.91. The summed E-state index contributed by atoms with van der Waals surface area (Å²) in [7, 11) is 5.11. The van der Waals surface area contributed by atoms with E-state index < -0.39 is 0 Å². The van der Waals surface area contributed by atoms with Gasteiger partial charge in [0.2, 0.25) is 5.91 Å². The van der Waals surface area contributed by atoms with Gasteiger partial charge in [-0.1, -0.05) is 12.1 Å². The second kappa shape index (κ2) is 9.43. The molecule has 0 bridgehead atoms. The first kappa shape index (κ1) is 20.7. The summed E-state index contributed by atoms with van der Waals surface area (Å²) >= 11 is 0. The normalized spacial score (nSPS) is 14.4. The van der Waals surface area contributed by atoms with Gasteiger partial charge in [0.15, 0.2) is 0 Å². The molecule has 0 unspecified atom stereocenters. The highest BCUT2D eigenvalue weighted by molar-refractivity contribution is 5.96. The van der Waals surface area contributed by atoms with E-state index in [1.165, 1.54) is 4.90 Å². The van der Waals surface area contributed by atoms with Crippen molar-refractivity contribution in [1.82, 2.24) is 9.80 Å². The van der Waals surface area contributed by atoms with E-state index in [9.17, 15) is 9.59 Å². The molecule has 1 saturated heterocycles. The van der Waals surface area contributed by atoms with Crippen LogP contribution in [0.4, 0.5) is 11.4 Å². The Morgan fingerprint density at radius 1 is 1.00 bits per heavy atom. The van der Waals surface area contributed by atoms with Crippen LogP contribution in [0.2, 0.25) is 0 Å². The molecule has 1 aliphatic heterocycles. The van der Waals surface area contributed by atoms with E-state index in [-0.39, 0.29) is 11.8 Å². The highest BCUT2D eigenvalue weighted by atomic mass is 16.5. The van der Waals surface area contributed by atoms with Crippen LogP contribution in [0.1, 0.15) is 10.4 Å². The van der Waals surface area contributed by atoms with Gasteiger partial charge in [0.05, 0.1) is 19.3 Å². The van der Waals surface area contributed by atoms with Crippen molar-refractivity contribution in [3.05, 3.63) is 54.1 Å². The molecule has 1 N–H and O–H groups in total. The van der Waals surface area contributed by atoms with Gasteiger partial charge in [-0.05, 0) is 36.4 Å². The van der Waals surface area contributed by atoms with E-state index in [0.29, 0.717) is 17.8 Å². The van der Waals surface area contributed by atoms with Crippen LogP contribution in [0, 0.1) is 0 Å². The molecule has 0 atom stereocenters. The number of amides is 2. The minimum atomic E-state index is -0.0594. The van der Waals surface area contributed by atoms with Crippen LogP contribution in [0.3, 0.4) is 0 Å². The number of piperazine rings is 1. The number of nitrogens with zero attached hydrogens (tertiary/aromatic N) is 3. The molecule has 7 heteroatoms. The summed E-state index contributed by atoms with van der Waals surface area (Å²) in [6, 6.07) is 15.0. The van der Waals surface area contributed by atoms with E-state index in [4.69, 9.17) is 4.74 Å². The van der Waals surface area contributed by atoms with Gasteiger partial charge >= 0.3 is 0 Å². The minimum Gasteiger partial charge on any atom is -0.495 e. The highest BCUT2D eigenvalue weighted by Crippen LogP contribution is 2.28. The van der Waals surface area contributed by atoms with Crippen LogP contribution >= 0.6 is 0 Å². The fraction of sp³-hybridized carbons (Fsp3) is 0.364. The standard InChI is InChI=1S/C22H28N4O3/c1-24(2)22(28)17-8-10-18(11-9-17)23-21(27)16-25-12-14-26(15-13-25)19-6-4-5-7-20(19)29-3/h4-11H,12-16H2,1-3H3,(H,23,27). The molecule has 2 aromatic carbocycles. The predicted molar refractivity (Wildman–Crippen MR) is 115 cm³/mol. The van der Waals surface area contributed by atoms with Crippen LogP contribution in [0.25, 0.3) is 0 Å². The molecule has 3 rings (SSSR count). The molecule has 2 amide bonds. The molecular weight excluding hydrogens is 368 g/mol. The first-order valence-electron chi connectivity index (χ1n) is 9.70. The Kier molecular flexibility index (Phi) is 6.72. The summed E-state index contributed by atoms with van der Waals surface area (Å²) in [6.07, 6.45) is 0. The molecule has 29 heavy (non-hydrogen) atoms. The Morgan fingerprint density at radius 3 is 2.28 bits per heavy atom. The zero-order valence-corrected chi connectivity index (χ0v) is 17.2. The van der Waals surface area contributed by atoms with Crippen LogP contribution in [-0.2, 0) is 4.79 Å². The Hall–Kier alpha value is -3.06. The molecule has 1 heterocycles. The third-order valence-electron chi connectivity index (χ3n) is 4.99. The number of methoxy groups -OCH3 is 1. The number of para-hydroxylation sites is 2. The van der Waals surface area contributed by atoms with Crippen molar-refractivity contribution >= 4 is 23.2 Å². The van der Waals surface area contributed by atoms with Crippen molar-refractivity contribution < 1.29 is 14.3 Å². The Morgan fingerprint density at radius 2 is 1.66 bits per heavy atom. The molecule has 0 spiro atoms. The number of rotatable bonds is 6. The third kappa shape index (κ3) is 5.26. The molecule has 1 fully saturated rings. The lowest BCUT2D eigenvalue weighted by Gasteiger charge is -2.36. The van der Waals surface area contributed by atoms with E-state index >= 15 is 0 Å². The number of hydrogen-bond acceptors (Lipinski definition) is 5. The topological polar surface area (TPSA) is 65.1 Å². The molecule has 0 radical (unpaired) electrons. The second-order valence-electron chi connectivity index (χ2n) is 7.26.